The molecule has 1 N–H and O–H groups in total. The average Bonchev–Trinajstić information content (AvgIpc) is 2.72. The Hall–Kier alpha value is -2.23. The van der Waals surface area contributed by atoms with Crippen molar-refractivity contribution in [1.82, 2.24) is 9.97 Å². The zero-order chi connectivity index (χ0) is 13.6. The lowest BCUT2D eigenvalue weighted by Crippen LogP contribution is -1.89. The summed E-state index contributed by atoms with van der Waals surface area (Å²) in [4.78, 5) is 7.39. The number of hydrogen-bond acceptors (Lipinski definition) is 1. The summed E-state index contributed by atoms with van der Waals surface area (Å²) in [7, 11) is 0. The number of aromatic nitrogens is 2. The third kappa shape index (κ3) is 1.89. The highest BCUT2D eigenvalue weighted by atomic mass is 19.2. The highest BCUT2D eigenvalue weighted by Crippen LogP contribution is 2.27. The number of rotatable bonds is 1. The molecule has 2 nitrogen and oxygen atoms in total. The first kappa shape index (κ1) is 11.8. The van der Waals surface area contributed by atoms with Crippen molar-refractivity contribution in [3.63, 3.8) is 0 Å². The Bertz CT molecular complexity index is 716. The quantitative estimate of drug-likeness (QED) is 0.698. The van der Waals surface area contributed by atoms with Gasteiger partial charge in [-0.25, -0.2) is 13.8 Å². The first-order valence-corrected chi connectivity index (χ1v) is 5.97. The van der Waals surface area contributed by atoms with E-state index < -0.39 is 11.6 Å². The molecule has 0 fully saturated rings. The minimum absolute atomic E-state index is 0.427. The molecular formula is C15H12F2N2. The Balaban J connectivity index is 2.26. The molecule has 0 radical (unpaired) electrons. The molecule has 0 saturated carbocycles. The molecule has 1 aromatic heterocycles. The minimum atomic E-state index is -0.882. The Morgan fingerprint density at radius 2 is 1.63 bits per heavy atom. The molecule has 0 bridgehead atoms. The van der Waals surface area contributed by atoms with Gasteiger partial charge < -0.3 is 4.98 Å². The van der Waals surface area contributed by atoms with Crippen LogP contribution in [0.4, 0.5) is 8.78 Å². The fourth-order valence-corrected chi connectivity index (χ4v) is 2.31. The maximum Gasteiger partial charge on any atom is 0.161 e. The molecule has 3 rings (SSSR count). The van der Waals surface area contributed by atoms with E-state index in [4.69, 9.17) is 0 Å². The summed E-state index contributed by atoms with van der Waals surface area (Å²) in [6.45, 7) is 3.97. The number of halogens is 2. The first-order chi connectivity index (χ1) is 9.06. The van der Waals surface area contributed by atoms with Crippen LogP contribution >= 0.6 is 0 Å². The van der Waals surface area contributed by atoms with Crippen LogP contribution in [-0.4, -0.2) is 9.97 Å². The van der Waals surface area contributed by atoms with Gasteiger partial charge in [0.15, 0.2) is 11.6 Å². The molecular weight excluding hydrogens is 246 g/mol. The van der Waals surface area contributed by atoms with Crippen LogP contribution in [0.5, 0.6) is 0 Å². The second-order valence-corrected chi connectivity index (χ2v) is 4.64. The molecule has 0 amide bonds. The van der Waals surface area contributed by atoms with E-state index in [9.17, 15) is 8.78 Å². The van der Waals surface area contributed by atoms with Crippen LogP contribution in [0, 0.1) is 25.5 Å². The van der Waals surface area contributed by atoms with Gasteiger partial charge in [0.25, 0.3) is 0 Å². The summed E-state index contributed by atoms with van der Waals surface area (Å²) >= 11 is 0. The summed E-state index contributed by atoms with van der Waals surface area (Å²) in [5.74, 6) is -1.12. The number of fused-ring (bicyclic) bond motifs is 1. The first-order valence-electron chi connectivity index (χ1n) is 5.97. The van der Waals surface area contributed by atoms with Gasteiger partial charge in [0.1, 0.15) is 5.82 Å². The molecule has 0 atom stereocenters. The number of nitrogens with one attached hydrogen (secondary N) is 1. The number of nitrogens with zero attached hydrogens (tertiary/aromatic N) is 1. The second-order valence-electron chi connectivity index (χ2n) is 4.64. The molecule has 3 aromatic rings. The Kier molecular flexibility index (Phi) is 2.59. The van der Waals surface area contributed by atoms with E-state index in [0.29, 0.717) is 16.9 Å². The van der Waals surface area contributed by atoms with Gasteiger partial charge >= 0.3 is 0 Å². The van der Waals surface area contributed by atoms with Crippen LogP contribution in [0.2, 0.25) is 0 Å². The third-order valence-electron chi connectivity index (χ3n) is 3.24. The fourth-order valence-electron chi connectivity index (χ4n) is 2.31. The van der Waals surface area contributed by atoms with Crippen molar-refractivity contribution in [2.45, 2.75) is 13.8 Å². The number of aryl methyl sites for hydroxylation is 2. The summed E-state index contributed by atoms with van der Waals surface area (Å²) in [5, 5.41) is 0. The van der Waals surface area contributed by atoms with E-state index in [1.165, 1.54) is 0 Å². The van der Waals surface area contributed by atoms with Crippen LogP contribution in [0.25, 0.3) is 22.4 Å². The number of H-pyrrole nitrogens is 1. The Labute approximate surface area is 109 Å². The molecule has 0 spiro atoms. The number of hydrogen-bond donors (Lipinski definition) is 1. The topological polar surface area (TPSA) is 28.7 Å². The average molecular weight is 258 g/mol. The number of aromatic amines is 1. The molecule has 2 aromatic carbocycles. The second kappa shape index (κ2) is 4.16. The van der Waals surface area contributed by atoms with Crippen molar-refractivity contribution in [2.24, 2.45) is 0 Å². The van der Waals surface area contributed by atoms with Gasteiger partial charge in [-0.2, -0.15) is 0 Å². The van der Waals surface area contributed by atoms with Crippen molar-refractivity contribution in [1.29, 1.82) is 0 Å². The third-order valence-corrected chi connectivity index (χ3v) is 3.24. The van der Waals surface area contributed by atoms with Crippen LogP contribution in [0.15, 0.2) is 30.3 Å². The standard InChI is InChI=1S/C15H12F2N2/c1-8-4-3-5-9(2)14(8)15-18-12-6-10(16)11(17)7-13(12)19-15/h3-7H,1-2H3,(H,18,19). The predicted octanol–water partition coefficient (Wildman–Crippen LogP) is 4.12. The molecule has 0 aliphatic rings. The summed E-state index contributed by atoms with van der Waals surface area (Å²) in [6.07, 6.45) is 0. The van der Waals surface area contributed by atoms with Gasteiger partial charge in [0.05, 0.1) is 11.0 Å². The van der Waals surface area contributed by atoms with E-state index in [1.54, 1.807) is 0 Å². The van der Waals surface area contributed by atoms with E-state index >= 15 is 0 Å². The maximum absolute atomic E-state index is 13.2. The van der Waals surface area contributed by atoms with E-state index in [1.807, 2.05) is 32.0 Å². The van der Waals surface area contributed by atoms with Gasteiger partial charge in [-0.05, 0) is 25.0 Å². The Morgan fingerprint density at radius 3 is 2.32 bits per heavy atom. The number of benzene rings is 2. The normalized spacial score (nSPS) is 11.2. The highest BCUT2D eigenvalue weighted by Gasteiger charge is 2.12. The number of imidazole rings is 1. The van der Waals surface area contributed by atoms with Gasteiger partial charge in [-0.15, -0.1) is 0 Å². The van der Waals surface area contributed by atoms with Crippen LogP contribution in [0.3, 0.4) is 0 Å². The fraction of sp³-hybridized carbons (Fsp3) is 0.133. The van der Waals surface area contributed by atoms with Crippen molar-refractivity contribution in [3.05, 3.63) is 53.1 Å². The van der Waals surface area contributed by atoms with Crippen molar-refractivity contribution in [2.75, 3.05) is 0 Å². The summed E-state index contributed by atoms with van der Waals surface area (Å²) in [6, 6.07) is 8.18. The van der Waals surface area contributed by atoms with Gasteiger partial charge in [-0.3, -0.25) is 0 Å². The van der Waals surface area contributed by atoms with E-state index in [0.717, 1.165) is 28.8 Å². The highest BCUT2D eigenvalue weighted by molar-refractivity contribution is 5.80. The predicted molar refractivity (Wildman–Crippen MR) is 70.9 cm³/mol. The smallest absolute Gasteiger partial charge is 0.161 e. The maximum atomic E-state index is 13.2. The van der Waals surface area contributed by atoms with Crippen molar-refractivity contribution >= 4 is 11.0 Å². The minimum Gasteiger partial charge on any atom is -0.338 e. The molecule has 0 aliphatic heterocycles. The molecule has 19 heavy (non-hydrogen) atoms. The van der Waals surface area contributed by atoms with Gasteiger partial charge in [0.2, 0.25) is 0 Å². The summed E-state index contributed by atoms with van der Waals surface area (Å²) < 4.78 is 26.4. The molecule has 1 heterocycles. The zero-order valence-electron chi connectivity index (χ0n) is 10.6. The van der Waals surface area contributed by atoms with E-state index in [2.05, 4.69) is 9.97 Å². The Morgan fingerprint density at radius 1 is 1.00 bits per heavy atom. The molecule has 0 aliphatic carbocycles. The summed E-state index contributed by atoms with van der Waals surface area (Å²) in [5.41, 5.74) is 4.03. The molecule has 0 saturated heterocycles. The van der Waals surface area contributed by atoms with Crippen LogP contribution in [-0.2, 0) is 0 Å². The monoisotopic (exact) mass is 258 g/mol. The molecule has 0 unspecified atom stereocenters. The van der Waals surface area contributed by atoms with Crippen LogP contribution in [0.1, 0.15) is 11.1 Å². The molecule has 4 heteroatoms. The molecule has 96 valence electrons. The lowest BCUT2D eigenvalue weighted by molar-refractivity contribution is 0.510. The lowest BCUT2D eigenvalue weighted by atomic mass is 10.0. The van der Waals surface area contributed by atoms with E-state index in [-0.39, 0.29) is 0 Å². The zero-order valence-corrected chi connectivity index (χ0v) is 10.6. The lowest BCUT2D eigenvalue weighted by Gasteiger charge is -2.05. The van der Waals surface area contributed by atoms with Gasteiger partial charge in [0, 0.05) is 17.7 Å². The largest absolute Gasteiger partial charge is 0.338 e. The van der Waals surface area contributed by atoms with Gasteiger partial charge in [-0.1, -0.05) is 18.2 Å². The van der Waals surface area contributed by atoms with Crippen LogP contribution < -0.4 is 0 Å². The van der Waals surface area contributed by atoms with Crippen molar-refractivity contribution < 1.29 is 8.78 Å². The SMILES string of the molecule is Cc1cccc(C)c1-c1nc2cc(F)c(F)cc2[nH]1. The van der Waals surface area contributed by atoms with Crippen molar-refractivity contribution in [3.8, 4) is 11.4 Å².